The Hall–Kier alpha value is -7.63. The minimum atomic E-state index is -0.484. The molecule has 0 spiro atoms. The van der Waals surface area contributed by atoms with Crippen LogP contribution in [0.5, 0.6) is 0 Å². The SMILES string of the molecule is [2H]c1c([2H])c([2H])c2c(c1[2H])c1c([2H])c([2H])c(-c3nc(-c4ccccc4)nc(-c4ccc(-c5ccccc5)cc4)n3)c([2H])c1n2-c1ccc2c(c1)oc1c(-c3ccccc3)cccc12. The average Bonchev–Trinajstić information content (AvgIpc) is 3.90. The van der Waals surface area contributed by atoms with Gasteiger partial charge >= 0.3 is 0 Å². The molecule has 0 atom stereocenters. The van der Waals surface area contributed by atoms with Crippen molar-refractivity contribution in [1.29, 1.82) is 0 Å². The van der Waals surface area contributed by atoms with Crippen molar-refractivity contribution in [1.82, 2.24) is 19.5 Å². The van der Waals surface area contributed by atoms with Gasteiger partial charge in [0.15, 0.2) is 17.5 Å². The van der Waals surface area contributed by atoms with Crippen LogP contribution >= 0.6 is 0 Å². The van der Waals surface area contributed by atoms with E-state index in [0.717, 1.165) is 33.0 Å². The Morgan fingerprint density at radius 2 is 1.02 bits per heavy atom. The standard InChI is InChI=1S/C51H32N4O/c1-4-13-33(14-5-1)34-23-25-37(26-24-34)50-52-49(36-17-8-3-9-18-36)53-51(54-50)38-27-29-42-41-19-10-11-22-45(41)55(46(42)31-38)39-28-30-43-44-21-12-20-40(35-15-6-2-7-16-35)48(44)56-47(43)32-39/h1-32H/i10D,11D,19D,22D,27D,29D,31D. The number of benzene rings is 8. The highest BCUT2D eigenvalue weighted by molar-refractivity contribution is 6.12. The van der Waals surface area contributed by atoms with Crippen molar-refractivity contribution >= 4 is 43.7 Å². The van der Waals surface area contributed by atoms with Gasteiger partial charge in [-0.2, -0.15) is 0 Å². The molecule has 11 rings (SSSR count). The summed E-state index contributed by atoms with van der Waals surface area (Å²) in [6.07, 6.45) is 0. The average molecular weight is 724 g/mol. The highest BCUT2D eigenvalue weighted by Crippen LogP contribution is 2.39. The van der Waals surface area contributed by atoms with E-state index in [-0.39, 0.29) is 63.4 Å². The lowest BCUT2D eigenvalue weighted by atomic mass is 10.0. The van der Waals surface area contributed by atoms with Gasteiger partial charge in [-0.25, -0.2) is 15.0 Å². The number of hydrogen-bond donors (Lipinski definition) is 0. The first-order valence-corrected chi connectivity index (χ1v) is 18.2. The van der Waals surface area contributed by atoms with Crippen LogP contribution < -0.4 is 0 Å². The van der Waals surface area contributed by atoms with E-state index in [1.165, 1.54) is 0 Å². The Kier molecular flexibility index (Phi) is 5.92. The third-order valence-electron chi connectivity index (χ3n) is 10.1. The second-order valence-corrected chi connectivity index (χ2v) is 13.5. The fraction of sp³-hybridized carbons (Fsp3) is 0. The second kappa shape index (κ2) is 13.0. The zero-order chi connectivity index (χ0) is 43.1. The minimum Gasteiger partial charge on any atom is -0.455 e. The van der Waals surface area contributed by atoms with Gasteiger partial charge in [0.2, 0.25) is 0 Å². The minimum absolute atomic E-state index is 0.00562. The molecular formula is C51H32N4O. The molecular weight excluding hydrogens is 685 g/mol. The summed E-state index contributed by atoms with van der Waals surface area (Å²) in [6, 6.07) is 45.9. The highest BCUT2D eigenvalue weighted by atomic mass is 16.3. The number of furan rings is 1. The quantitative estimate of drug-likeness (QED) is 0.171. The molecule has 0 fully saturated rings. The van der Waals surface area contributed by atoms with Crippen LogP contribution in [0.3, 0.4) is 0 Å². The molecule has 11 aromatic rings. The van der Waals surface area contributed by atoms with Crippen LogP contribution in [0.2, 0.25) is 0 Å². The Balaban J connectivity index is 1.18. The van der Waals surface area contributed by atoms with Crippen LogP contribution in [0.25, 0.3) is 106 Å². The van der Waals surface area contributed by atoms with E-state index < -0.39 is 12.1 Å². The first kappa shape index (κ1) is 25.4. The van der Waals surface area contributed by atoms with Gasteiger partial charge < -0.3 is 8.98 Å². The van der Waals surface area contributed by atoms with Gasteiger partial charge in [-0.05, 0) is 40.9 Å². The first-order chi connectivity index (χ1) is 30.7. The van der Waals surface area contributed by atoms with Crippen molar-refractivity contribution < 1.29 is 14.0 Å². The zero-order valence-electron chi connectivity index (χ0n) is 36.6. The van der Waals surface area contributed by atoms with Gasteiger partial charge in [0.25, 0.3) is 0 Å². The zero-order valence-corrected chi connectivity index (χ0v) is 29.6. The van der Waals surface area contributed by atoms with Gasteiger partial charge in [-0.1, -0.05) is 164 Å². The maximum atomic E-state index is 9.97. The summed E-state index contributed by atoms with van der Waals surface area (Å²) in [5.74, 6) is 0.599. The summed E-state index contributed by atoms with van der Waals surface area (Å²) >= 11 is 0. The largest absolute Gasteiger partial charge is 0.455 e. The molecule has 8 aromatic carbocycles. The lowest BCUT2D eigenvalue weighted by Gasteiger charge is -2.11. The van der Waals surface area contributed by atoms with E-state index in [2.05, 4.69) is 0 Å². The fourth-order valence-electron chi connectivity index (χ4n) is 7.43. The molecule has 5 nitrogen and oxygen atoms in total. The van der Waals surface area contributed by atoms with Crippen LogP contribution in [-0.4, -0.2) is 19.5 Å². The summed E-state index contributed by atoms with van der Waals surface area (Å²) < 4.78 is 72.9. The Bertz CT molecular complexity index is 3630. The summed E-state index contributed by atoms with van der Waals surface area (Å²) in [7, 11) is 0. The van der Waals surface area contributed by atoms with Crippen molar-refractivity contribution in [3.63, 3.8) is 0 Å². The van der Waals surface area contributed by atoms with Crippen molar-refractivity contribution in [2.75, 3.05) is 0 Å². The third-order valence-corrected chi connectivity index (χ3v) is 10.1. The fourth-order valence-corrected chi connectivity index (χ4v) is 7.43. The molecule has 3 heterocycles. The predicted molar refractivity (Wildman–Crippen MR) is 229 cm³/mol. The Labute approximate surface area is 332 Å². The van der Waals surface area contributed by atoms with E-state index in [4.69, 9.17) is 23.5 Å². The number of fused-ring (bicyclic) bond motifs is 6. The van der Waals surface area contributed by atoms with E-state index >= 15 is 0 Å². The van der Waals surface area contributed by atoms with Gasteiger partial charge in [0.05, 0.1) is 20.6 Å². The molecule has 0 amide bonds. The smallest absolute Gasteiger partial charge is 0.164 e. The summed E-state index contributed by atoms with van der Waals surface area (Å²) in [6.45, 7) is 0. The van der Waals surface area contributed by atoms with E-state index in [1.807, 2.05) is 146 Å². The first-order valence-electron chi connectivity index (χ1n) is 21.7. The number of para-hydroxylation sites is 2. The number of aromatic nitrogens is 4. The molecule has 0 unspecified atom stereocenters. The topological polar surface area (TPSA) is 56.7 Å². The van der Waals surface area contributed by atoms with E-state index in [9.17, 15) is 5.48 Å². The monoisotopic (exact) mass is 723 g/mol. The van der Waals surface area contributed by atoms with Crippen molar-refractivity contribution in [3.05, 3.63) is 194 Å². The van der Waals surface area contributed by atoms with Gasteiger partial charge in [-0.15, -0.1) is 0 Å². The lowest BCUT2D eigenvalue weighted by Crippen LogP contribution is -2.00. The molecule has 3 aromatic heterocycles. The molecule has 0 aliphatic heterocycles. The maximum absolute atomic E-state index is 9.97. The third kappa shape index (κ3) is 5.37. The molecule has 0 N–H and O–H groups in total. The number of rotatable bonds is 6. The molecule has 262 valence electrons. The van der Waals surface area contributed by atoms with Crippen LogP contribution in [0.15, 0.2) is 198 Å². The van der Waals surface area contributed by atoms with Crippen LogP contribution in [0.4, 0.5) is 0 Å². The number of hydrogen-bond acceptors (Lipinski definition) is 4. The Morgan fingerprint density at radius 1 is 0.429 bits per heavy atom. The highest BCUT2D eigenvalue weighted by Gasteiger charge is 2.19. The van der Waals surface area contributed by atoms with Gasteiger partial charge in [-0.3, -0.25) is 0 Å². The van der Waals surface area contributed by atoms with Crippen molar-refractivity contribution in [3.8, 4) is 62.1 Å². The van der Waals surface area contributed by atoms with Crippen molar-refractivity contribution in [2.45, 2.75) is 0 Å². The molecule has 0 radical (unpaired) electrons. The van der Waals surface area contributed by atoms with Crippen molar-refractivity contribution in [2.24, 2.45) is 0 Å². The normalized spacial score (nSPS) is 13.3. The second-order valence-electron chi connectivity index (χ2n) is 13.5. The van der Waals surface area contributed by atoms with Crippen LogP contribution in [-0.2, 0) is 0 Å². The van der Waals surface area contributed by atoms with E-state index in [0.29, 0.717) is 39.6 Å². The summed E-state index contributed by atoms with van der Waals surface area (Å²) in [5.41, 5.74) is 7.06. The maximum Gasteiger partial charge on any atom is 0.164 e. The van der Waals surface area contributed by atoms with Crippen LogP contribution in [0, 0.1) is 0 Å². The molecule has 0 saturated carbocycles. The van der Waals surface area contributed by atoms with E-state index in [1.54, 1.807) is 10.6 Å². The Morgan fingerprint density at radius 3 is 1.75 bits per heavy atom. The van der Waals surface area contributed by atoms with Crippen LogP contribution in [0.1, 0.15) is 9.60 Å². The molecule has 0 saturated heterocycles. The van der Waals surface area contributed by atoms with Gasteiger partial charge in [0.1, 0.15) is 11.2 Å². The summed E-state index contributed by atoms with van der Waals surface area (Å²) in [4.78, 5) is 14.6. The molecule has 56 heavy (non-hydrogen) atoms. The number of nitrogens with zero attached hydrogens (tertiary/aromatic N) is 4. The lowest BCUT2D eigenvalue weighted by molar-refractivity contribution is 0.669. The molecule has 0 aliphatic carbocycles. The predicted octanol–water partition coefficient (Wildman–Crippen LogP) is 13.2. The summed E-state index contributed by atoms with van der Waals surface area (Å²) in [5, 5.41) is 1.80. The van der Waals surface area contributed by atoms with Gasteiger partial charge in [0, 0.05) is 55.6 Å². The molecule has 0 aliphatic rings. The molecule has 5 heteroatoms. The molecule has 0 bridgehead atoms.